The molecule has 1 aromatic heterocycles. The maximum absolute atomic E-state index is 10.6. The third-order valence-corrected chi connectivity index (χ3v) is 2.26. The summed E-state index contributed by atoms with van der Waals surface area (Å²) in [6, 6.07) is 7.72. The van der Waals surface area contributed by atoms with Gasteiger partial charge in [0.15, 0.2) is 0 Å². The van der Waals surface area contributed by atoms with Crippen LogP contribution in [0.15, 0.2) is 34.9 Å². The minimum Gasteiger partial charge on any atom is -0.464 e. The number of fused-ring (bicyclic) bond motifs is 1. The van der Waals surface area contributed by atoms with Crippen LogP contribution in [-0.2, 0) is 6.54 Å². The molecule has 4 heteroatoms. The maximum Gasteiger partial charge on any atom is 0.287 e. The Morgan fingerprint density at radius 3 is 3.00 bits per heavy atom. The lowest BCUT2D eigenvalue weighted by Crippen LogP contribution is -2.14. The molecule has 1 heterocycles. The van der Waals surface area contributed by atoms with E-state index in [0.29, 0.717) is 6.54 Å². The van der Waals surface area contributed by atoms with Gasteiger partial charge in [-0.15, -0.1) is 0 Å². The van der Waals surface area contributed by atoms with Crippen molar-refractivity contribution in [2.75, 3.05) is 0 Å². The summed E-state index contributed by atoms with van der Waals surface area (Å²) in [5, 5.41) is 3.69. The van der Waals surface area contributed by atoms with E-state index in [1.54, 1.807) is 6.26 Å². The quantitative estimate of drug-likeness (QED) is 0.661. The van der Waals surface area contributed by atoms with Crippen molar-refractivity contribution in [1.82, 2.24) is 5.32 Å². The van der Waals surface area contributed by atoms with Crippen LogP contribution in [0.3, 0.4) is 0 Å². The van der Waals surface area contributed by atoms with Gasteiger partial charge in [0.2, 0.25) is 0 Å². The summed E-state index contributed by atoms with van der Waals surface area (Å²) in [6.07, 6.45) is 1.66. The highest BCUT2D eigenvalue weighted by Gasteiger charge is 2.04. The normalized spacial score (nSPS) is 10.4. The van der Waals surface area contributed by atoms with Crippen LogP contribution in [0.2, 0.25) is 0 Å². The molecule has 1 amide bonds. The molecule has 0 bridgehead atoms. The summed E-state index contributed by atoms with van der Waals surface area (Å²) in [7, 11) is 0. The average molecular weight is 254 g/mol. The van der Waals surface area contributed by atoms with E-state index in [9.17, 15) is 4.79 Å². The standard InChI is InChI=1S/C10H8BrNO2/c11-10(13)12-5-7-6-14-9-4-2-1-3-8(7)9/h1-4,6H,5H2,(H,12,13). The summed E-state index contributed by atoms with van der Waals surface area (Å²) in [6.45, 7) is 0.473. The lowest BCUT2D eigenvalue weighted by atomic mass is 10.2. The first-order chi connectivity index (χ1) is 6.77. The summed E-state index contributed by atoms with van der Waals surface area (Å²) in [5.41, 5.74) is 1.82. The van der Waals surface area contributed by atoms with E-state index in [-0.39, 0.29) is 4.82 Å². The smallest absolute Gasteiger partial charge is 0.287 e. The summed E-state index contributed by atoms with van der Waals surface area (Å²) < 4.78 is 5.31. The Kier molecular flexibility index (Phi) is 2.54. The molecule has 0 fully saturated rings. The number of nitrogens with one attached hydrogen (secondary N) is 1. The molecule has 3 nitrogen and oxygen atoms in total. The van der Waals surface area contributed by atoms with Crippen LogP contribution in [-0.4, -0.2) is 4.82 Å². The minimum atomic E-state index is -0.220. The molecule has 0 aliphatic carbocycles. The average Bonchev–Trinajstić information content (AvgIpc) is 2.58. The van der Waals surface area contributed by atoms with E-state index < -0.39 is 0 Å². The third-order valence-electron chi connectivity index (χ3n) is 1.98. The SMILES string of the molecule is O=C(Br)NCc1coc2ccccc12. The van der Waals surface area contributed by atoms with Crippen molar-refractivity contribution in [3.05, 3.63) is 36.1 Å². The zero-order chi connectivity index (χ0) is 9.97. The van der Waals surface area contributed by atoms with E-state index >= 15 is 0 Å². The van der Waals surface area contributed by atoms with Gasteiger partial charge in [-0.2, -0.15) is 0 Å². The second-order valence-electron chi connectivity index (χ2n) is 2.88. The number of rotatable bonds is 2. The Morgan fingerprint density at radius 2 is 2.21 bits per heavy atom. The van der Waals surface area contributed by atoms with Crippen LogP contribution in [0, 0.1) is 0 Å². The van der Waals surface area contributed by atoms with Gasteiger partial charge in [0, 0.05) is 33.4 Å². The summed E-state index contributed by atoms with van der Waals surface area (Å²) in [4.78, 5) is 10.4. The molecular weight excluding hydrogens is 246 g/mol. The van der Waals surface area contributed by atoms with Gasteiger partial charge in [0.05, 0.1) is 6.26 Å². The molecule has 14 heavy (non-hydrogen) atoms. The van der Waals surface area contributed by atoms with Gasteiger partial charge in [-0.3, -0.25) is 4.79 Å². The summed E-state index contributed by atoms with van der Waals surface area (Å²) in [5.74, 6) is 0. The second-order valence-corrected chi connectivity index (χ2v) is 3.60. The Balaban J connectivity index is 2.29. The molecule has 0 aliphatic heterocycles. The van der Waals surface area contributed by atoms with Gasteiger partial charge in [-0.1, -0.05) is 18.2 Å². The molecular formula is C10H8BrNO2. The van der Waals surface area contributed by atoms with Crippen molar-refractivity contribution < 1.29 is 9.21 Å². The molecule has 72 valence electrons. The number of para-hydroxylation sites is 1. The zero-order valence-electron chi connectivity index (χ0n) is 7.29. The van der Waals surface area contributed by atoms with Crippen molar-refractivity contribution in [3.63, 3.8) is 0 Å². The molecule has 0 aliphatic rings. The van der Waals surface area contributed by atoms with Crippen LogP contribution >= 0.6 is 15.9 Å². The largest absolute Gasteiger partial charge is 0.464 e. The Labute approximate surface area is 89.2 Å². The lowest BCUT2D eigenvalue weighted by molar-refractivity contribution is 0.261. The van der Waals surface area contributed by atoms with E-state index in [0.717, 1.165) is 16.5 Å². The molecule has 0 radical (unpaired) electrons. The summed E-state index contributed by atoms with van der Waals surface area (Å²) >= 11 is 2.80. The van der Waals surface area contributed by atoms with Gasteiger partial charge < -0.3 is 9.73 Å². The van der Waals surface area contributed by atoms with Crippen LogP contribution in [0.25, 0.3) is 11.0 Å². The highest BCUT2D eigenvalue weighted by Crippen LogP contribution is 2.20. The monoisotopic (exact) mass is 253 g/mol. The van der Waals surface area contributed by atoms with Crippen LogP contribution in [0.5, 0.6) is 0 Å². The first kappa shape index (κ1) is 9.27. The predicted molar refractivity (Wildman–Crippen MR) is 57.4 cm³/mol. The van der Waals surface area contributed by atoms with E-state index in [1.165, 1.54) is 0 Å². The van der Waals surface area contributed by atoms with Crippen LogP contribution < -0.4 is 5.32 Å². The van der Waals surface area contributed by atoms with Crippen molar-refractivity contribution in [2.24, 2.45) is 0 Å². The number of hydrogen-bond donors (Lipinski definition) is 1. The van der Waals surface area contributed by atoms with Gasteiger partial charge in [-0.25, -0.2) is 0 Å². The van der Waals surface area contributed by atoms with Crippen molar-refractivity contribution in [2.45, 2.75) is 6.54 Å². The van der Waals surface area contributed by atoms with E-state index in [2.05, 4.69) is 21.2 Å². The topological polar surface area (TPSA) is 42.2 Å². The van der Waals surface area contributed by atoms with Crippen molar-refractivity contribution in [1.29, 1.82) is 0 Å². The zero-order valence-corrected chi connectivity index (χ0v) is 8.87. The maximum atomic E-state index is 10.6. The van der Waals surface area contributed by atoms with E-state index in [4.69, 9.17) is 4.42 Å². The number of furan rings is 1. The van der Waals surface area contributed by atoms with Crippen LogP contribution in [0.4, 0.5) is 4.79 Å². The molecule has 0 saturated carbocycles. The Hall–Kier alpha value is -1.29. The van der Waals surface area contributed by atoms with Gasteiger partial charge in [0.1, 0.15) is 5.58 Å². The first-order valence-electron chi connectivity index (χ1n) is 4.16. The second kappa shape index (κ2) is 3.84. The lowest BCUT2D eigenvalue weighted by Gasteiger charge is -1.97. The van der Waals surface area contributed by atoms with Crippen LogP contribution in [0.1, 0.15) is 5.56 Å². The molecule has 1 aromatic carbocycles. The molecule has 0 unspecified atom stereocenters. The number of hydrogen-bond acceptors (Lipinski definition) is 2. The third kappa shape index (κ3) is 1.80. The number of benzene rings is 1. The highest BCUT2D eigenvalue weighted by molar-refractivity contribution is 9.18. The first-order valence-corrected chi connectivity index (χ1v) is 4.95. The molecule has 0 atom stereocenters. The number of carbonyl (C=O) groups excluding carboxylic acids is 1. The number of amides is 1. The molecule has 2 rings (SSSR count). The molecule has 2 aromatic rings. The van der Waals surface area contributed by atoms with Crippen molar-refractivity contribution >= 4 is 31.7 Å². The number of carbonyl (C=O) groups is 1. The fourth-order valence-electron chi connectivity index (χ4n) is 1.33. The van der Waals surface area contributed by atoms with Crippen molar-refractivity contribution in [3.8, 4) is 0 Å². The number of halogens is 1. The van der Waals surface area contributed by atoms with Gasteiger partial charge in [0.25, 0.3) is 4.82 Å². The molecule has 1 N–H and O–H groups in total. The fraction of sp³-hybridized carbons (Fsp3) is 0.100. The Morgan fingerprint density at radius 1 is 1.43 bits per heavy atom. The fourth-order valence-corrected chi connectivity index (χ4v) is 1.47. The molecule has 0 saturated heterocycles. The van der Waals surface area contributed by atoms with Gasteiger partial charge >= 0.3 is 0 Å². The van der Waals surface area contributed by atoms with E-state index in [1.807, 2.05) is 24.3 Å². The highest BCUT2D eigenvalue weighted by atomic mass is 79.9. The minimum absolute atomic E-state index is 0.220. The predicted octanol–water partition coefficient (Wildman–Crippen LogP) is 3.04. The molecule has 0 spiro atoms. The van der Waals surface area contributed by atoms with Gasteiger partial charge in [-0.05, 0) is 6.07 Å². The Bertz CT molecular complexity index is 464.